The largest absolute Gasteiger partial charge is 0.404 e. The van der Waals surface area contributed by atoms with E-state index in [1.165, 1.54) is 12.6 Å². The van der Waals surface area contributed by atoms with Gasteiger partial charge in [-0.05, 0) is 36.6 Å². The van der Waals surface area contributed by atoms with Crippen LogP contribution >= 0.6 is 0 Å². The van der Waals surface area contributed by atoms with E-state index in [9.17, 15) is 4.79 Å². The van der Waals surface area contributed by atoms with Crippen LogP contribution in [0.5, 0.6) is 0 Å². The smallest absolute Gasteiger partial charge is 0.159 e. The van der Waals surface area contributed by atoms with Gasteiger partial charge in [0.25, 0.3) is 0 Å². The molecule has 2 N–H and O–H groups in total. The summed E-state index contributed by atoms with van der Waals surface area (Å²) in [5.41, 5.74) is 6.22. The maximum Gasteiger partial charge on any atom is 0.159 e. The fourth-order valence-electron chi connectivity index (χ4n) is 1.72. The van der Waals surface area contributed by atoms with Gasteiger partial charge in [-0.15, -0.1) is 0 Å². The molecule has 0 aromatic rings. The van der Waals surface area contributed by atoms with Gasteiger partial charge in [-0.2, -0.15) is 0 Å². The molecular weight excluding hydrogens is 190 g/mol. The Bertz CT molecular complexity index is 281. The van der Waals surface area contributed by atoms with E-state index in [-0.39, 0.29) is 11.7 Å². The number of hydrogen-bond donors (Lipinski definition) is 1. The quantitative estimate of drug-likeness (QED) is 0.553. The number of carbonyl (C=O) groups excluding carboxylic acids is 1. The van der Waals surface area contributed by atoms with Gasteiger partial charge in [0.15, 0.2) is 5.78 Å². The summed E-state index contributed by atoms with van der Waals surface area (Å²) in [6.07, 6.45) is 7.03. The third-order valence-corrected chi connectivity index (χ3v) is 2.97. The normalized spacial score (nSPS) is 26.7. The standard InChI is InChI=1S/C12H19NO2/c1-9-3-5-11(9)12(14)6-4-10(7-13)8-15-2/h4,6-7,9,11H,3,5,8,13H2,1-2H3/b6-4-,10-7+. The van der Waals surface area contributed by atoms with Crippen molar-refractivity contribution in [1.29, 1.82) is 0 Å². The molecule has 2 atom stereocenters. The number of hydrogen-bond acceptors (Lipinski definition) is 3. The van der Waals surface area contributed by atoms with Gasteiger partial charge in [-0.25, -0.2) is 0 Å². The van der Waals surface area contributed by atoms with Gasteiger partial charge in [0.2, 0.25) is 0 Å². The number of ketones is 1. The molecule has 1 fully saturated rings. The average molecular weight is 209 g/mol. The highest BCUT2D eigenvalue weighted by molar-refractivity contribution is 5.92. The highest BCUT2D eigenvalue weighted by Crippen LogP contribution is 2.34. The van der Waals surface area contributed by atoms with Gasteiger partial charge in [0, 0.05) is 13.0 Å². The van der Waals surface area contributed by atoms with E-state index >= 15 is 0 Å². The second kappa shape index (κ2) is 5.71. The summed E-state index contributed by atoms with van der Waals surface area (Å²) in [7, 11) is 1.60. The number of methoxy groups -OCH3 is 1. The maximum absolute atomic E-state index is 11.7. The molecule has 1 saturated carbocycles. The third-order valence-electron chi connectivity index (χ3n) is 2.97. The van der Waals surface area contributed by atoms with E-state index < -0.39 is 0 Å². The SMILES string of the molecule is COCC(/C=C\C(=O)C1CCC1C)=C/N. The second-order valence-corrected chi connectivity index (χ2v) is 4.07. The zero-order valence-corrected chi connectivity index (χ0v) is 9.40. The minimum atomic E-state index is 0.212. The van der Waals surface area contributed by atoms with Crippen molar-refractivity contribution in [1.82, 2.24) is 0 Å². The Hall–Kier alpha value is -1.09. The minimum Gasteiger partial charge on any atom is -0.404 e. The van der Waals surface area contributed by atoms with Gasteiger partial charge in [-0.1, -0.05) is 13.0 Å². The molecule has 0 heterocycles. The molecule has 0 saturated heterocycles. The van der Waals surface area contributed by atoms with E-state index in [0.29, 0.717) is 12.5 Å². The third kappa shape index (κ3) is 3.20. The Morgan fingerprint density at radius 2 is 2.20 bits per heavy atom. The van der Waals surface area contributed by atoms with Crippen LogP contribution in [0.4, 0.5) is 0 Å². The van der Waals surface area contributed by atoms with E-state index in [0.717, 1.165) is 12.0 Å². The summed E-state index contributed by atoms with van der Waals surface area (Å²) in [5, 5.41) is 0. The summed E-state index contributed by atoms with van der Waals surface area (Å²) in [6.45, 7) is 2.56. The van der Waals surface area contributed by atoms with Crippen LogP contribution in [-0.4, -0.2) is 19.5 Å². The van der Waals surface area contributed by atoms with Crippen molar-refractivity contribution in [2.24, 2.45) is 17.6 Å². The van der Waals surface area contributed by atoms with E-state index in [2.05, 4.69) is 6.92 Å². The number of nitrogens with two attached hydrogens (primary N) is 1. The van der Waals surface area contributed by atoms with Crippen LogP contribution in [0, 0.1) is 11.8 Å². The summed E-state index contributed by atoms with van der Waals surface area (Å²) < 4.78 is 4.94. The number of rotatable bonds is 5. The van der Waals surface area contributed by atoms with Crippen LogP contribution in [0.2, 0.25) is 0 Å². The first-order valence-corrected chi connectivity index (χ1v) is 5.30. The van der Waals surface area contributed by atoms with Crippen molar-refractivity contribution in [2.75, 3.05) is 13.7 Å². The second-order valence-electron chi connectivity index (χ2n) is 4.07. The molecule has 0 aromatic carbocycles. The molecule has 2 unspecified atom stereocenters. The molecule has 0 radical (unpaired) electrons. The summed E-state index contributed by atoms with van der Waals surface area (Å²) in [4.78, 5) is 11.7. The number of allylic oxidation sites excluding steroid dienone is 1. The summed E-state index contributed by atoms with van der Waals surface area (Å²) in [5.74, 6) is 0.974. The minimum absolute atomic E-state index is 0.212. The molecular formula is C12H19NO2. The Morgan fingerprint density at radius 1 is 1.47 bits per heavy atom. The van der Waals surface area contributed by atoms with Gasteiger partial charge >= 0.3 is 0 Å². The van der Waals surface area contributed by atoms with Crippen molar-refractivity contribution in [3.05, 3.63) is 23.9 Å². The number of carbonyl (C=O) groups is 1. The summed E-state index contributed by atoms with van der Waals surface area (Å²) in [6, 6.07) is 0. The molecule has 0 aromatic heterocycles. The van der Waals surface area contributed by atoms with Crippen molar-refractivity contribution in [2.45, 2.75) is 19.8 Å². The first-order chi connectivity index (χ1) is 7.19. The molecule has 0 aliphatic heterocycles. The zero-order valence-electron chi connectivity index (χ0n) is 9.40. The van der Waals surface area contributed by atoms with Crippen LogP contribution in [0.25, 0.3) is 0 Å². The average Bonchev–Trinajstić information content (AvgIpc) is 2.22. The molecule has 3 nitrogen and oxygen atoms in total. The van der Waals surface area contributed by atoms with Crippen molar-refractivity contribution in [3.63, 3.8) is 0 Å². The molecule has 1 rings (SSSR count). The lowest BCUT2D eigenvalue weighted by atomic mass is 9.72. The molecule has 1 aliphatic rings. The lowest BCUT2D eigenvalue weighted by Gasteiger charge is -2.31. The van der Waals surface area contributed by atoms with Gasteiger partial charge in [0.1, 0.15) is 0 Å². The monoisotopic (exact) mass is 209 g/mol. The number of ether oxygens (including phenoxy) is 1. The first kappa shape index (κ1) is 12.0. The lowest BCUT2D eigenvalue weighted by molar-refractivity contribution is -0.122. The Morgan fingerprint density at radius 3 is 2.60 bits per heavy atom. The Kier molecular flexibility index (Phi) is 4.56. The maximum atomic E-state index is 11.7. The van der Waals surface area contributed by atoms with Crippen LogP contribution < -0.4 is 5.73 Å². The van der Waals surface area contributed by atoms with Crippen molar-refractivity contribution >= 4 is 5.78 Å². The van der Waals surface area contributed by atoms with E-state index in [1.54, 1.807) is 19.3 Å². The van der Waals surface area contributed by atoms with Crippen LogP contribution in [0.15, 0.2) is 23.9 Å². The zero-order chi connectivity index (χ0) is 11.3. The van der Waals surface area contributed by atoms with E-state index in [4.69, 9.17) is 10.5 Å². The van der Waals surface area contributed by atoms with Crippen LogP contribution in [-0.2, 0) is 9.53 Å². The van der Waals surface area contributed by atoms with Crippen molar-refractivity contribution in [3.8, 4) is 0 Å². The topological polar surface area (TPSA) is 52.3 Å². The van der Waals surface area contributed by atoms with Crippen LogP contribution in [0.3, 0.4) is 0 Å². The predicted octanol–water partition coefficient (Wildman–Crippen LogP) is 1.65. The molecule has 1 aliphatic carbocycles. The Labute approximate surface area is 91.0 Å². The van der Waals surface area contributed by atoms with Crippen molar-refractivity contribution < 1.29 is 9.53 Å². The predicted molar refractivity (Wildman–Crippen MR) is 60.2 cm³/mol. The highest BCUT2D eigenvalue weighted by Gasteiger charge is 2.31. The fourth-order valence-corrected chi connectivity index (χ4v) is 1.72. The Balaban J connectivity index is 2.45. The fraction of sp³-hybridized carbons (Fsp3) is 0.583. The van der Waals surface area contributed by atoms with Gasteiger partial charge in [-0.3, -0.25) is 4.79 Å². The molecule has 0 amide bonds. The molecule has 0 bridgehead atoms. The van der Waals surface area contributed by atoms with Crippen LogP contribution in [0.1, 0.15) is 19.8 Å². The lowest BCUT2D eigenvalue weighted by Crippen LogP contribution is -2.29. The highest BCUT2D eigenvalue weighted by atomic mass is 16.5. The first-order valence-electron chi connectivity index (χ1n) is 5.30. The van der Waals surface area contributed by atoms with E-state index in [1.807, 2.05) is 0 Å². The summed E-state index contributed by atoms with van der Waals surface area (Å²) >= 11 is 0. The molecule has 3 heteroatoms. The van der Waals surface area contributed by atoms with Gasteiger partial charge < -0.3 is 10.5 Å². The molecule has 0 spiro atoms. The molecule has 84 valence electrons. The molecule has 15 heavy (non-hydrogen) atoms. The van der Waals surface area contributed by atoms with Gasteiger partial charge in [0.05, 0.1) is 6.61 Å².